The highest BCUT2D eigenvalue weighted by molar-refractivity contribution is 5.57. The molecule has 0 radical (unpaired) electrons. The summed E-state index contributed by atoms with van der Waals surface area (Å²) in [6, 6.07) is 18.5. The fraction of sp³-hybridized carbons (Fsp3) is 0.500. The van der Waals surface area contributed by atoms with Gasteiger partial charge >= 0.3 is 0 Å². The second-order valence-electron chi connectivity index (χ2n) is 7.85. The molecule has 0 atom stereocenters. The summed E-state index contributed by atoms with van der Waals surface area (Å²) < 4.78 is 0. The van der Waals surface area contributed by atoms with E-state index in [1.807, 2.05) is 0 Å². The van der Waals surface area contributed by atoms with Crippen molar-refractivity contribution in [3.63, 3.8) is 0 Å². The highest BCUT2D eigenvalue weighted by atomic mass is 15.2. The molecular weight excluding hydrogens is 344 g/mol. The maximum absolute atomic E-state index is 3.45. The zero-order valence-electron chi connectivity index (χ0n) is 18.5. The molecule has 4 nitrogen and oxygen atoms in total. The zero-order chi connectivity index (χ0) is 20.5. The fourth-order valence-corrected chi connectivity index (χ4v) is 3.38. The van der Waals surface area contributed by atoms with Crippen LogP contribution in [0.4, 0.5) is 22.7 Å². The molecule has 0 unspecified atom stereocenters. The number of hydrogen-bond donors (Lipinski definition) is 2. The molecule has 2 rings (SSSR count). The van der Waals surface area contributed by atoms with E-state index in [0.717, 1.165) is 26.2 Å². The zero-order valence-corrected chi connectivity index (χ0v) is 18.5. The molecule has 2 aromatic rings. The van der Waals surface area contributed by atoms with Crippen LogP contribution in [-0.4, -0.2) is 38.3 Å². The lowest BCUT2D eigenvalue weighted by Crippen LogP contribution is -2.35. The predicted molar refractivity (Wildman–Crippen MR) is 126 cm³/mol. The largest absolute Gasteiger partial charge is 0.383 e. The van der Waals surface area contributed by atoms with Crippen LogP contribution < -0.4 is 20.4 Å². The summed E-state index contributed by atoms with van der Waals surface area (Å²) in [5, 5.41) is 6.91. The van der Waals surface area contributed by atoms with Crippen molar-refractivity contribution in [3.8, 4) is 0 Å². The number of anilines is 4. The van der Waals surface area contributed by atoms with Crippen molar-refractivity contribution < 1.29 is 0 Å². The molecule has 154 valence electrons. The van der Waals surface area contributed by atoms with Crippen molar-refractivity contribution in [2.45, 2.75) is 53.6 Å². The molecule has 0 fully saturated rings. The predicted octanol–water partition coefficient (Wildman–Crippen LogP) is 5.68. The summed E-state index contributed by atoms with van der Waals surface area (Å²) in [4.78, 5) is 4.88. The Hall–Kier alpha value is -2.36. The molecule has 0 aromatic heterocycles. The molecule has 2 N–H and O–H groups in total. The van der Waals surface area contributed by atoms with Gasteiger partial charge in [-0.2, -0.15) is 0 Å². The van der Waals surface area contributed by atoms with Crippen molar-refractivity contribution in [2.75, 3.05) is 46.6 Å². The molecule has 2 aromatic carbocycles. The first-order valence-corrected chi connectivity index (χ1v) is 10.7. The van der Waals surface area contributed by atoms with Gasteiger partial charge in [-0.1, -0.05) is 0 Å². The van der Waals surface area contributed by atoms with Gasteiger partial charge in [-0.25, -0.2) is 0 Å². The normalized spacial score (nSPS) is 11.0. The van der Waals surface area contributed by atoms with Crippen LogP contribution in [0.5, 0.6) is 0 Å². The highest BCUT2D eigenvalue weighted by Crippen LogP contribution is 2.21. The molecular formula is C24H38N4. The van der Waals surface area contributed by atoms with Gasteiger partial charge in [0.2, 0.25) is 0 Å². The molecule has 0 aliphatic rings. The van der Waals surface area contributed by atoms with E-state index in [4.69, 9.17) is 0 Å². The summed E-state index contributed by atoms with van der Waals surface area (Å²) in [7, 11) is 0. The molecule has 0 amide bonds. The molecule has 4 heteroatoms. The number of rotatable bonds is 11. The van der Waals surface area contributed by atoms with Gasteiger partial charge in [0.15, 0.2) is 0 Å². The van der Waals surface area contributed by atoms with Gasteiger partial charge in [-0.05, 0) is 90.1 Å². The number of nitrogens with zero attached hydrogens (tertiary/aromatic N) is 2. The number of nitrogens with one attached hydrogen (secondary N) is 2. The molecule has 0 saturated carbocycles. The first-order valence-electron chi connectivity index (χ1n) is 10.7. The lowest BCUT2D eigenvalue weighted by molar-refractivity contribution is 0.754. The quantitative estimate of drug-likeness (QED) is 0.523. The third kappa shape index (κ3) is 6.66. The minimum absolute atomic E-state index is 0.452. The van der Waals surface area contributed by atoms with Crippen molar-refractivity contribution in [1.82, 2.24) is 0 Å². The second kappa shape index (κ2) is 10.8. The lowest BCUT2D eigenvalue weighted by atomic mass is 10.2. The lowest BCUT2D eigenvalue weighted by Gasteiger charge is -2.29. The Bertz CT molecular complexity index is 615. The molecule has 0 saturated heterocycles. The van der Waals surface area contributed by atoms with Crippen molar-refractivity contribution in [1.29, 1.82) is 0 Å². The van der Waals surface area contributed by atoms with Crippen molar-refractivity contribution in [2.24, 2.45) is 0 Å². The van der Waals surface area contributed by atoms with Crippen molar-refractivity contribution >= 4 is 22.7 Å². The fourth-order valence-electron chi connectivity index (χ4n) is 3.38. The van der Waals surface area contributed by atoms with Gasteiger partial charge in [0.1, 0.15) is 0 Å². The van der Waals surface area contributed by atoms with E-state index >= 15 is 0 Å². The number of likely N-dealkylation sites (N-methyl/N-ethyl adjacent to an activating group) is 2. The first kappa shape index (κ1) is 21.9. The second-order valence-corrected chi connectivity index (χ2v) is 7.85. The van der Waals surface area contributed by atoms with Gasteiger partial charge in [-0.15, -0.1) is 0 Å². The van der Waals surface area contributed by atoms with Crippen LogP contribution in [0, 0.1) is 0 Å². The molecule has 0 aliphatic heterocycles. The van der Waals surface area contributed by atoms with Gasteiger partial charge in [0.25, 0.3) is 0 Å². The Morgan fingerprint density at radius 2 is 0.929 bits per heavy atom. The smallest absolute Gasteiger partial charge is 0.0368 e. The minimum atomic E-state index is 0.452. The van der Waals surface area contributed by atoms with Gasteiger partial charge in [0, 0.05) is 61.0 Å². The molecule has 0 bridgehead atoms. The molecule has 0 heterocycles. The Morgan fingerprint density at radius 1 is 0.607 bits per heavy atom. The summed E-state index contributed by atoms with van der Waals surface area (Å²) in [5.74, 6) is 0. The van der Waals surface area contributed by atoms with Crippen LogP contribution in [0.15, 0.2) is 48.5 Å². The Labute approximate surface area is 171 Å². The van der Waals surface area contributed by atoms with E-state index in [2.05, 4.69) is 111 Å². The maximum Gasteiger partial charge on any atom is 0.0368 e. The summed E-state index contributed by atoms with van der Waals surface area (Å²) >= 11 is 0. The standard InChI is InChI=1S/C24H38N4/c1-7-27(23-13-9-21(10-14-23)25-19(3)4)17-18-28(8-2)24-15-11-22(12-16-24)26-20(5)6/h9-16,19-20,25-26H,7-8,17-18H2,1-6H3. The minimum Gasteiger partial charge on any atom is -0.383 e. The van der Waals surface area contributed by atoms with E-state index in [9.17, 15) is 0 Å². The summed E-state index contributed by atoms with van der Waals surface area (Å²) in [6.45, 7) is 17.1. The van der Waals surface area contributed by atoms with Crippen molar-refractivity contribution in [3.05, 3.63) is 48.5 Å². The summed E-state index contributed by atoms with van der Waals surface area (Å²) in [5.41, 5.74) is 4.92. The topological polar surface area (TPSA) is 30.5 Å². The van der Waals surface area contributed by atoms with E-state index in [1.54, 1.807) is 0 Å². The van der Waals surface area contributed by atoms with Crippen LogP contribution >= 0.6 is 0 Å². The number of hydrogen-bond acceptors (Lipinski definition) is 4. The summed E-state index contributed by atoms with van der Waals surface area (Å²) in [6.07, 6.45) is 0. The van der Waals surface area contributed by atoms with Crippen LogP contribution in [-0.2, 0) is 0 Å². The van der Waals surface area contributed by atoms with Gasteiger partial charge < -0.3 is 20.4 Å². The van der Waals surface area contributed by atoms with Crippen LogP contribution in [0.2, 0.25) is 0 Å². The Morgan fingerprint density at radius 3 is 1.18 bits per heavy atom. The van der Waals surface area contributed by atoms with E-state index in [-0.39, 0.29) is 0 Å². The monoisotopic (exact) mass is 382 g/mol. The van der Waals surface area contributed by atoms with E-state index < -0.39 is 0 Å². The molecule has 0 aliphatic carbocycles. The number of benzene rings is 2. The third-order valence-electron chi connectivity index (χ3n) is 4.78. The van der Waals surface area contributed by atoms with Gasteiger partial charge in [-0.3, -0.25) is 0 Å². The van der Waals surface area contributed by atoms with Gasteiger partial charge in [0.05, 0.1) is 0 Å². The molecule has 0 spiro atoms. The van der Waals surface area contributed by atoms with Crippen LogP contribution in [0.25, 0.3) is 0 Å². The Kier molecular flexibility index (Phi) is 8.49. The van der Waals surface area contributed by atoms with E-state index in [0.29, 0.717) is 12.1 Å². The average Bonchev–Trinajstić information content (AvgIpc) is 2.66. The maximum atomic E-state index is 3.45. The third-order valence-corrected chi connectivity index (χ3v) is 4.78. The SMILES string of the molecule is CCN(CCN(CC)c1ccc(NC(C)C)cc1)c1ccc(NC(C)C)cc1. The van der Waals surface area contributed by atoms with Crippen LogP contribution in [0.1, 0.15) is 41.5 Å². The van der Waals surface area contributed by atoms with E-state index in [1.165, 1.54) is 22.7 Å². The first-order chi connectivity index (χ1) is 13.4. The average molecular weight is 383 g/mol. The Balaban J connectivity index is 1.98. The highest BCUT2D eigenvalue weighted by Gasteiger charge is 2.09. The van der Waals surface area contributed by atoms with Crippen LogP contribution in [0.3, 0.4) is 0 Å². The molecule has 28 heavy (non-hydrogen) atoms.